The number of amides is 3. The van der Waals surface area contributed by atoms with E-state index in [-0.39, 0.29) is 24.3 Å². The zero-order valence-corrected chi connectivity index (χ0v) is 16.3. The molecular formula is C22H24N4O3. The highest BCUT2D eigenvalue weighted by molar-refractivity contribution is 6.05. The lowest BCUT2D eigenvalue weighted by Gasteiger charge is -2.29. The first-order valence-corrected chi connectivity index (χ1v) is 9.79. The van der Waals surface area contributed by atoms with Crippen LogP contribution in [0.25, 0.3) is 0 Å². The number of imide groups is 1. The summed E-state index contributed by atoms with van der Waals surface area (Å²) in [5.41, 5.74) is 10.5. The summed E-state index contributed by atoms with van der Waals surface area (Å²) in [7, 11) is 0. The highest BCUT2D eigenvalue weighted by Gasteiger charge is 2.39. The van der Waals surface area contributed by atoms with E-state index in [1.165, 1.54) is 0 Å². The molecular weight excluding hydrogens is 368 g/mol. The third kappa shape index (κ3) is 3.73. The number of rotatable bonds is 5. The quantitative estimate of drug-likeness (QED) is 0.676. The summed E-state index contributed by atoms with van der Waals surface area (Å²) in [6.07, 6.45) is 0.617. The third-order valence-corrected chi connectivity index (χ3v) is 5.60. The van der Waals surface area contributed by atoms with Gasteiger partial charge in [0, 0.05) is 36.8 Å². The van der Waals surface area contributed by atoms with Crippen LogP contribution in [0.5, 0.6) is 0 Å². The molecule has 7 nitrogen and oxygen atoms in total. The fraction of sp³-hybridized carbons (Fsp3) is 0.318. The van der Waals surface area contributed by atoms with Gasteiger partial charge in [0.2, 0.25) is 11.8 Å². The van der Waals surface area contributed by atoms with E-state index < -0.39 is 11.9 Å². The predicted molar refractivity (Wildman–Crippen MR) is 109 cm³/mol. The van der Waals surface area contributed by atoms with Crippen LogP contribution in [0, 0.1) is 0 Å². The van der Waals surface area contributed by atoms with E-state index in [0.29, 0.717) is 25.1 Å². The summed E-state index contributed by atoms with van der Waals surface area (Å²) in [6, 6.07) is 13.0. The van der Waals surface area contributed by atoms with Crippen molar-refractivity contribution in [2.75, 3.05) is 5.32 Å². The van der Waals surface area contributed by atoms with E-state index in [2.05, 4.69) is 10.6 Å². The van der Waals surface area contributed by atoms with Crippen molar-refractivity contribution in [3.05, 3.63) is 64.7 Å². The maximum atomic E-state index is 12.9. The van der Waals surface area contributed by atoms with Crippen molar-refractivity contribution in [2.45, 2.75) is 44.9 Å². The van der Waals surface area contributed by atoms with E-state index in [1.807, 2.05) is 43.3 Å². The van der Waals surface area contributed by atoms with Crippen LogP contribution in [0.4, 0.5) is 5.69 Å². The van der Waals surface area contributed by atoms with Crippen LogP contribution in [-0.4, -0.2) is 28.7 Å². The molecule has 2 heterocycles. The normalized spacial score (nSPS) is 19.7. The van der Waals surface area contributed by atoms with Crippen molar-refractivity contribution < 1.29 is 14.4 Å². The molecule has 1 saturated heterocycles. The minimum atomic E-state index is -0.598. The molecule has 1 fully saturated rings. The molecule has 4 N–H and O–H groups in total. The Kier molecular flexibility index (Phi) is 5.07. The highest BCUT2D eigenvalue weighted by atomic mass is 16.2. The van der Waals surface area contributed by atoms with Gasteiger partial charge in [0.15, 0.2) is 0 Å². The van der Waals surface area contributed by atoms with Crippen molar-refractivity contribution in [1.29, 1.82) is 0 Å². The first kappa shape index (κ1) is 19.1. The van der Waals surface area contributed by atoms with Gasteiger partial charge < -0.3 is 16.0 Å². The maximum absolute atomic E-state index is 12.9. The monoisotopic (exact) mass is 392 g/mol. The molecule has 29 heavy (non-hydrogen) atoms. The van der Waals surface area contributed by atoms with Gasteiger partial charge >= 0.3 is 0 Å². The Bertz CT molecular complexity index is 969. The molecule has 2 aliphatic heterocycles. The van der Waals surface area contributed by atoms with Gasteiger partial charge in [0.1, 0.15) is 6.04 Å². The minimum Gasteiger partial charge on any atom is -0.381 e. The summed E-state index contributed by atoms with van der Waals surface area (Å²) < 4.78 is 0. The Morgan fingerprint density at radius 1 is 1.17 bits per heavy atom. The van der Waals surface area contributed by atoms with E-state index in [0.717, 1.165) is 22.4 Å². The van der Waals surface area contributed by atoms with Crippen molar-refractivity contribution in [2.24, 2.45) is 5.73 Å². The number of carbonyl (C=O) groups is 3. The molecule has 0 radical (unpaired) electrons. The van der Waals surface area contributed by atoms with Gasteiger partial charge in [-0.2, -0.15) is 0 Å². The van der Waals surface area contributed by atoms with Crippen LogP contribution in [0.15, 0.2) is 42.5 Å². The summed E-state index contributed by atoms with van der Waals surface area (Å²) >= 11 is 0. The lowest BCUT2D eigenvalue weighted by Crippen LogP contribution is -2.52. The molecule has 0 bridgehead atoms. The van der Waals surface area contributed by atoms with E-state index in [1.54, 1.807) is 11.0 Å². The Morgan fingerprint density at radius 2 is 1.93 bits per heavy atom. The van der Waals surface area contributed by atoms with Crippen LogP contribution >= 0.6 is 0 Å². The van der Waals surface area contributed by atoms with E-state index in [9.17, 15) is 14.4 Å². The van der Waals surface area contributed by atoms with E-state index in [4.69, 9.17) is 5.73 Å². The molecule has 1 unspecified atom stereocenters. The summed E-state index contributed by atoms with van der Waals surface area (Å²) in [4.78, 5) is 38.1. The highest BCUT2D eigenvalue weighted by Crippen LogP contribution is 2.30. The first-order valence-electron chi connectivity index (χ1n) is 9.79. The molecule has 2 aromatic rings. The van der Waals surface area contributed by atoms with Crippen molar-refractivity contribution in [3.63, 3.8) is 0 Å². The van der Waals surface area contributed by atoms with Gasteiger partial charge in [-0.3, -0.25) is 19.7 Å². The number of nitrogens with one attached hydrogen (secondary N) is 2. The summed E-state index contributed by atoms with van der Waals surface area (Å²) in [6.45, 7) is 2.89. The molecule has 2 atom stereocenters. The number of anilines is 1. The van der Waals surface area contributed by atoms with Crippen molar-refractivity contribution in [1.82, 2.24) is 10.2 Å². The van der Waals surface area contributed by atoms with Crippen LogP contribution in [0.2, 0.25) is 0 Å². The lowest BCUT2D eigenvalue weighted by atomic mass is 10.0. The summed E-state index contributed by atoms with van der Waals surface area (Å²) in [5, 5.41) is 5.72. The van der Waals surface area contributed by atoms with Gasteiger partial charge in [-0.1, -0.05) is 24.3 Å². The molecule has 2 aromatic carbocycles. The van der Waals surface area contributed by atoms with Gasteiger partial charge in [-0.25, -0.2) is 0 Å². The number of nitrogens with two attached hydrogens (primary N) is 1. The maximum Gasteiger partial charge on any atom is 0.255 e. The Morgan fingerprint density at radius 3 is 2.62 bits per heavy atom. The number of piperidine rings is 1. The molecule has 0 saturated carbocycles. The van der Waals surface area contributed by atoms with Gasteiger partial charge in [-0.05, 0) is 48.2 Å². The van der Waals surface area contributed by atoms with Gasteiger partial charge in [0.05, 0.1) is 0 Å². The number of carbonyl (C=O) groups excluding carboxylic acids is 3. The van der Waals surface area contributed by atoms with Crippen molar-refractivity contribution in [3.8, 4) is 0 Å². The topological polar surface area (TPSA) is 105 Å². The molecule has 0 aromatic heterocycles. The lowest BCUT2D eigenvalue weighted by molar-refractivity contribution is -0.136. The number of hydrogen-bond donors (Lipinski definition) is 3. The van der Waals surface area contributed by atoms with Crippen LogP contribution < -0.4 is 16.4 Å². The molecule has 0 aliphatic carbocycles. The van der Waals surface area contributed by atoms with Gasteiger partial charge in [-0.15, -0.1) is 0 Å². The molecule has 0 spiro atoms. The first-order chi connectivity index (χ1) is 13.9. The molecule has 3 amide bonds. The fourth-order valence-electron chi connectivity index (χ4n) is 3.92. The average Bonchev–Trinajstić information content (AvgIpc) is 3.04. The predicted octanol–water partition coefficient (Wildman–Crippen LogP) is 2.08. The average molecular weight is 392 g/mol. The summed E-state index contributed by atoms with van der Waals surface area (Å²) in [5.74, 6) is -0.829. The van der Waals surface area contributed by atoms with E-state index >= 15 is 0 Å². The van der Waals surface area contributed by atoms with Crippen LogP contribution in [-0.2, 0) is 22.7 Å². The molecule has 4 rings (SSSR count). The van der Waals surface area contributed by atoms with Crippen LogP contribution in [0.1, 0.15) is 52.9 Å². The second-order valence-corrected chi connectivity index (χ2v) is 7.61. The van der Waals surface area contributed by atoms with Gasteiger partial charge in [0.25, 0.3) is 5.91 Å². The number of fused-ring (bicyclic) bond motifs is 1. The zero-order chi connectivity index (χ0) is 20.5. The Hall–Kier alpha value is -3.19. The smallest absolute Gasteiger partial charge is 0.255 e. The fourth-order valence-corrected chi connectivity index (χ4v) is 3.92. The SMILES string of the molecule is C[C@H](N)c1ccc(NCc2cccc3c2CN(C2CCC(=O)NC2=O)C3=O)cc1. The third-order valence-electron chi connectivity index (χ3n) is 5.60. The number of nitrogens with zero attached hydrogens (tertiary/aromatic N) is 1. The minimum absolute atomic E-state index is 0.00859. The Labute approximate surface area is 169 Å². The van der Waals surface area contributed by atoms with Crippen LogP contribution in [0.3, 0.4) is 0 Å². The second-order valence-electron chi connectivity index (χ2n) is 7.61. The number of benzene rings is 2. The molecule has 7 heteroatoms. The standard InChI is InChI=1S/C22H24N4O3/c1-13(23)14-5-7-16(8-6-14)24-11-15-3-2-4-17-18(15)12-26(22(17)29)19-9-10-20(27)25-21(19)28/h2-8,13,19,24H,9-12,23H2,1H3,(H,25,27,28)/t13-,19?/m0/s1. The Balaban J connectivity index is 1.49. The molecule has 2 aliphatic rings. The van der Waals surface area contributed by atoms with Crippen molar-refractivity contribution >= 4 is 23.4 Å². The molecule has 150 valence electrons. The second kappa shape index (κ2) is 7.67. The number of hydrogen-bond acceptors (Lipinski definition) is 5. The zero-order valence-electron chi connectivity index (χ0n) is 16.3. The largest absolute Gasteiger partial charge is 0.381 e.